The average molecular weight is 334 g/mol. The molecule has 2 aromatic carbocycles. The van der Waals surface area contributed by atoms with Crippen molar-refractivity contribution in [1.82, 2.24) is 4.90 Å². The number of alkyl halides is 1. The Labute approximate surface area is 141 Å². The van der Waals surface area contributed by atoms with Crippen molar-refractivity contribution in [2.24, 2.45) is 0 Å². The number of amides is 1. The molecule has 1 atom stereocenters. The molecule has 1 amide bonds. The van der Waals surface area contributed by atoms with Gasteiger partial charge in [0.1, 0.15) is 23.5 Å². The molecule has 0 saturated heterocycles. The van der Waals surface area contributed by atoms with Crippen LogP contribution in [0.2, 0.25) is 0 Å². The third kappa shape index (κ3) is 4.89. The number of carbonyl (C=O) groups is 1. The summed E-state index contributed by atoms with van der Waals surface area (Å²) in [6, 6.07) is 16.7. The quantitative estimate of drug-likeness (QED) is 0.728. The van der Waals surface area contributed by atoms with Crippen LogP contribution in [-0.4, -0.2) is 38.1 Å². The highest BCUT2D eigenvalue weighted by Gasteiger charge is 2.21. The van der Waals surface area contributed by atoms with Gasteiger partial charge in [0.2, 0.25) is 5.91 Å². The summed E-state index contributed by atoms with van der Waals surface area (Å²) in [5.74, 6) is 1.36. The Balaban J connectivity index is 1.85. The Hall–Kier alpha value is -2.20. The van der Waals surface area contributed by atoms with Crippen molar-refractivity contribution in [2.45, 2.75) is 5.38 Å². The van der Waals surface area contributed by atoms with Gasteiger partial charge in [-0.05, 0) is 29.8 Å². The molecule has 0 radical (unpaired) electrons. The molecular weight excluding hydrogens is 314 g/mol. The van der Waals surface area contributed by atoms with E-state index < -0.39 is 5.38 Å². The van der Waals surface area contributed by atoms with Crippen LogP contribution in [0.25, 0.3) is 0 Å². The number of carbonyl (C=O) groups excluding carboxylic acids is 1. The molecule has 5 heteroatoms. The van der Waals surface area contributed by atoms with Crippen LogP contribution in [0, 0.1) is 0 Å². The lowest BCUT2D eigenvalue weighted by molar-refractivity contribution is -0.129. The molecule has 122 valence electrons. The molecule has 1 unspecified atom stereocenters. The topological polar surface area (TPSA) is 38.8 Å². The summed E-state index contributed by atoms with van der Waals surface area (Å²) in [6.45, 7) is 0.881. The Morgan fingerprint density at radius 2 is 1.74 bits per heavy atom. The van der Waals surface area contributed by atoms with E-state index in [1.165, 1.54) is 0 Å². The van der Waals surface area contributed by atoms with Gasteiger partial charge in [-0.25, -0.2) is 0 Å². The molecule has 0 aliphatic heterocycles. The van der Waals surface area contributed by atoms with E-state index in [0.717, 1.165) is 17.1 Å². The van der Waals surface area contributed by atoms with Crippen molar-refractivity contribution >= 4 is 17.5 Å². The number of hydrogen-bond donors (Lipinski definition) is 0. The highest BCUT2D eigenvalue weighted by Crippen LogP contribution is 2.24. The van der Waals surface area contributed by atoms with Crippen molar-refractivity contribution in [3.8, 4) is 11.5 Å². The molecule has 2 rings (SSSR count). The van der Waals surface area contributed by atoms with Gasteiger partial charge in [-0.1, -0.05) is 30.3 Å². The second-order valence-electron chi connectivity index (χ2n) is 5.06. The van der Waals surface area contributed by atoms with E-state index in [2.05, 4.69) is 0 Å². The van der Waals surface area contributed by atoms with Gasteiger partial charge in [0.15, 0.2) is 0 Å². The normalized spacial score (nSPS) is 11.6. The van der Waals surface area contributed by atoms with Gasteiger partial charge in [0, 0.05) is 7.05 Å². The molecule has 4 nitrogen and oxygen atoms in total. The van der Waals surface area contributed by atoms with Crippen molar-refractivity contribution in [3.05, 3.63) is 60.2 Å². The minimum Gasteiger partial charge on any atom is -0.497 e. The zero-order chi connectivity index (χ0) is 16.7. The fourth-order valence-corrected chi connectivity index (χ4v) is 2.35. The van der Waals surface area contributed by atoms with Crippen LogP contribution in [0.15, 0.2) is 54.6 Å². The van der Waals surface area contributed by atoms with Crippen molar-refractivity contribution in [1.29, 1.82) is 0 Å². The fourth-order valence-electron chi connectivity index (χ4n) is 2.04. The van der Waals surface area contributed by atoms with Crippen LogP contribution < -0.4 is 9.47 Å². The predicted octanol–water partition coefficient (Wildman–Crippen LogP) is 3.51. The summed E-state index contributed by atoms with van der Waals surface area (Å²) >= 11 is 6.27. The van der Waals surface area contributed by atoms with E-state index in [9.17, 15) is 4.79 Å². The largest absolute Gasteiger partial charge is 0.497 e. The summed E-state index contributed by atoms with van der Waals surface area (Å²) in [4.78, 5) is 13.9. The maximum absolute atomic E-state index is 12.3. The summed E-state index contributed by atoms with van der Waals surface area (Å²) in [7, 11) is 3.31. The van der Waals surface area contributed by atoms with Crippen LogP contribution in [0.5, 0.6) is 11.5 Å². The first-order valence-electron chi connectivity index (χ1n) is 7.32. The SMILES string of the molecule is COc1ccc(C(Cl)C(=O)N(C)CCOc2ccccc2)cc1. The molecule has 0 aliphatic carbocycles. The number of ether oxygens (including phenoxy) is 2. The summed E-state index contributed by atoms with van der Waals surface area (Å²) in [5, 5.41) is -0.720. The zero-order valence-electron chi connectivity index (χ0n) is 13.2. The van der Waals surface area contributed by atoms with Gasteiger partial charge in [0.25, 0.3) is 0 Å². The standard InChI is InChI=1S/C18H20ClNO3/c1-20(12-13-23-16-6-4-3-5-7-16)18(21)17(19)14-8-10-15(22-2)11-9-14/h3-11,17H,12-13H2,1-2H3. The van der Waals surface area contributed by atoms with Gasteiger partial charge in [0.05, 0.1) is 13.7 Å². The number of rotatable bonds is 7. The molecule has 0 aliphatic rings. The fraction of sp³-hybridized carbons (Fsp3) is 0.278. The first-order valence-corrected chi connectivity index (χ1v) is 7.76. The smallest absolute Gasteiger partial charge is 0.245 e. The number of halogens is 1. The minimum atomic E-state index is -0.720. The summed E-state index contributed by atoms with van der Waals surface area (Å²) in [6.07, 6.45) is 0. The van der Waals surface area contributed by atoms with Gasteiger partial charge in [-0.3, -0.25) is 4.79 Å². The number of benzene rings is 2. The molecule has 0 bridgehead atoms. The Morgan fingerprint density at radius 3 is 2.35 bits per heavy atom. The van der Waals surface area contributed by atoms with E-state index in [1.807, 2.05) is 30.3 Å². The lowest BCUT2D eigenvalue weighted by Crippen LogP contribution is -2.33. The van der Waals surface area contributed by atoms with E-state index in [1.54, 1.807) is 43.3 Å². The highest BCUT2D eigenvalue weighted by molar-refractivity contribution is 6.30. The van der Waals surface area contributed by atoms with Crippen LogP contribution in [0.3, 0.4) is 0 Å². The monoisotopic (exact) mass is 333 g/mol. The summed E-state index contributed by atoms with van der Waals surface area (Å²) in [5.41, 5.74) is 0.744. The van der Waals surface area contributed by atoms with Crippen LogP contribution in [0.1, 0.15) is 10.9 Å². The van der Waals surface area contributed by atoms with E-state index >= 15 is 0 Å². The maximum Gasteiger partial charge on any atom is 0.245 e. The maximum atomic E-state index is 12.3. The summed E-state index contributed by atoms with van der Waals surface area (Å²) < 4.78 is 10.7. The van der Waals surface area contributed by atoms with Gasteiger partial charge in [-0.2, -0.15) is 0 Å². The Morgan fingerprint density at radius 1 is 1.09 bits per heavy atom. The van der Waals surface area contributed by atoms with Crippen molar-refractivity contribution in [2.75, 3.05) is 27.3 Å². The average Bonchev–Trinajstić information content (AvgIpc) is 2.61. The zero-order valence-corrected chi connectivity index (χ0v) is 14.0. The van der Waals surface area contributed by atoms with Crippen LogP contribution in [-0.2, 0) is 4.79 Å². The van der Waals surface area contributed by atoms with Gasteiger partial charge >= 0.3 is 0 Å². The lowest BCUT2D eigenvalue weighted by atomic mass is 10.1. The van der Waals surface area contributed by atoms with E-state index in [0.29, 0.717) is 13.2 Å². The third-order valence-electron chi connectivity index (χ3n) is 3.44. The molecule has 0 saturated carbocycles. The number of hydrogen-bond acceptors (Lipinski definition) is 3. The van der Waals surface area contributed by atoms with Crippen LogP contribution >= 0.6 is 11.6 Å². The minimum absolute atomic E-state index is 0.159. The van der Waals surface area contributed by atoms with Gasteiger partial charge < -0.3 is 14.4 Å². The molecule has 0 spiro atoms. The van der Waals surface area contributed by atoms with Crippen molar-refractivity contribution in [3.63, 3.8) is 0 Å². The Kier molecular flexibility index (Phi) is 6.29. The molecule has 2 aromatic rings. The molecule has 0 fully saturated rings. The van der Waals surface area contributed by atoms with Gasteiger partial charge in [-0.15, -0.1) is 11.6 Å². The highest BCUT2D eigenvalue weighted by atomic mass is 35.5. The number of likely N-dealkylation sites (N-methyl/N-ethyl adjacent to an activating group) is 1. The molecular formula is C18H20ClNO3. The molecule has 23 heavy (non-hydrogen) atoms. The second kappa shape index (κ2) is 8.44. The molecule has 0 N–H and O–H groups in total. The number of para-hydroxylation sites is 1. The number of methoxy groups -OCH3 is 1. The molecule has 0 heterocycles. The first kappa shape index (κ1) is 17.2. The van der Waals surface area contributed by atoms with E-state index in [-0.39, 0.29) is 5.91 Å². The first-order chi connectivity index (χ1) is 11.1. The second-order valence-corrected chi connectivity index (χ2v) is 5.49. The number of nitrogens with zero attached hydrogens (tertiary/aromatic N) is 1. The van der Waals surface area contributed by atoms with E-state index in [4.69, 9.17) is 21.1 Å². The molecule has 0 aromatic heterocycles. The third-order valence-corrected chi connectivity index (χ3v) is 3.88. The predicted molar refractivity (Wildman–Crippen MR) is 91.2 cm³/mol. The lowest BCUT2D eigenvalue weighted by Gasteiger charge is -2.20. The Bertz CT molecular complexity index is 616. The van der Waals surface area contributed by atoms with Crippen LogP contribution in [0.4, 0.5) is 0 Å². The van der Waals surface area contributed by atoms with Crippen molar-refractivity contribution < 1.29 is 14.3 Å².